The van der Waals surface area contributed by atoms with E-state index in [1.165, 1.54) is 0 Å². The molecule has 1 amide bonds. The predicted molar refractivity (Wildman–Crippen MR) is 105 cm³/mol. The van der Waals surface area contributed by atoms with Crippen molar-refractivity contribution in [2.24, 2.45) is 0 Å². The number of carbonyl (C=O) groups excluding carboxylic acids is 1. The molecule has 2 aromatic rings. The van der Waals surface area contributed by atoms with E-state index in [0.717, 1.165) is 44.6 Å². The van der Waals surface area contributed by atoms with Crippen LogP contribution < -0.4 is 0 Å². The zero-order valence-corrected chi connectivity index (χ0v) is 16.0. The Kier molecular flexibility index (Phi) is 7.30. The van der Waals surface area contributed by atoms with Gasteiger partial charge in [0.05, 0.1) is 12.2 Å². The summed E-state index contributed by atoms with van der Waals surface area (Å²) in [4.78, 5) is 25.9. The summed E-state index contributed by atoms with van der Waals surface area (Å²) in [5.74, 6) is 0.0482. The Morgan fingerprint density at radius 2 is 2.07 bits per heavy atom. The Labute approximate surface area is 161 Å². The highest BCUT2D eigenvalue weighted by Crippen LogP contribution is 2.19. The van der Waals surface area contributed by atoms with Crippen LogP contribution in [0.25, 0.3) is 0 Å². The molecular formula is C21H28N4O2. The van der Waals surface area contributed by atoms with Crippen LogP contribution in [0.2, 0.25) is 0 Å². The van der Waals surface area contributed by atoms with Crippen molar-refractivity contribution in [1.29, 1.82) is 0 Å². The van der Waals surface area contributed by atoms with Gasteiger partial charge in [0.2, 0.25) is 0 Å². The molecular weight excluding hydrogens is 340 g/mol. The van der Waals surface area contributed by atoms with Crippen molar-refractivity contribution in [1.82, 2.24) is 19.8 Å². The van der Waals surface area contributed by atoms with Gasteiger partial charge < -0.3 is 14.5 Å². The van der Waals surface area contributed by atoms with Gasteiger partial charge in [-0.1, -0.05) is 6.07 Å². The van der Waals surface area contributed by atoms with Gasteiger partial charge in [-0.25, -0.2) is 0 Å². The Morgan fingerprint density at radius 1 is 1.22 bits per heavy atom. The molecule has 0 spiro atoms. The van der Waals surface area contributed by atoms with E-state index in [2.05, 4.69) is 20.9 Å². The van der Waals surface area contributed by atoms with Crippen molar-refractivity contribution < 1.29 is 9.53 Å². The molecule has 0 radical (unpaired) electrons. The summed E-state index contributed by atoms with van der Waals surface area (Å²) in [5, 5.41) is 0. The number of likely N-dealkylation sites (tertiary alicyclic amines) is 1. The van der Waals surface area contributed by atoms with Gasteiger partial charge in [-0.15, -0.1) is 0 Å². The molecule has 1 fully saturated rings. The number of nitrogens with zero attached hydrogens (tertiary/aromatic N) is 4. The fourth-order valence-corrected chi connectivity index (χ4v) is 3.57. The summed E-state index contributed by atoms with van der Waals surface area (Å²) >= 11 is 0. The van der Waals surface area contributed by atoms with Crippen molar-refractivity contribution in [2.75, 3.05) is 39.9 Å². The maximum Gasteiger partial charge on any atom is 0.255 e. The minimum absolute atomic E-state index is 0.0482. The second-order valence-electron chi connectivity index (χ2n) is 6.88. The second-order valence-corrected chi connectivity index (χ2v) is 6.88. The molecule has 144 valence electrons. The van der Waals surface area contributed by atoms with E-state index >= 15 is 0 Å². The highest BCUT2D eigenvalue weighted by atomic mass is 16.5. The number of pyridine rings is 2. The summed E-state index contributed by atoms with van der Waals surface area (Å²) in [6, 6.07) is 9.94. The molecule has 3 rings (SSSR count). The molecule has 0 atom stereocenters. The van der Waals surface area contributed by atoms with Crippen molar-refractivity contribution >= 4 is 5.91 Å². The first-order chi connectivity index (χ1) is 13.3. The van der Waals surface area contributed by atoms with Gasteiger partial charge in [-0.3, -0.25) is 14.8 Å². The van der Waals surface area contributed by atoms with E-state index in [4.69, 9.17) is 4.74 Å². The lowest BCUT2D eigenvalue weighted by Crippen LogP contribution is -2.48. The lowest BCUT2D eigenvalue weighted by Gasteiger charge is -2.38. The molecule has 27 heavy (non-hydrogen) atoms. The lowest BCUT2D eigenvalue weighted by molar-refractivity contribution is 0.0486. The molecule has 6 heteroatoms. The minimum Gasteiger partial charge on any atom is -0.383 e. The Morgan fingerprint density at radius 3 is 2.74 bits per heavy atom. The topological polar surface area (TPSA) is 58.6 Å². The van der Waals surface area contributed by atoms with Crippen LogP contribution in [-0.4, -0.2) is 71.6 Å². The number of hydrogen-bond donors (Lipinski definition) is 0. The summed E-state index contributed by atoms with van der Waals surface area (Å²) < 4.78 is 5.23. The van der Waals surface area contributed by atoms with Gasteiger partial charge in [-0.2, -0.15) is 0 Å². The van der Waals surface area contributed by atoms with Crippen molar-refractivity contribution in [3.05, 3.63) is 60.2 Å². The van der Waals surface area contributed by atoms with Gasteiger partial charge in [-0.05, 0) is 37.1 Å². The lowest BCUT2D eigenvalue weighted by atomic mass is 10.0. The van der Waals surface area contributed by atoms with Gasteiger partial charge in [0.1, 0.15) is 0 Å². The van der Waals surface area contributed by atoms with Crippen LogP contribution in [0.3, 0.4) is 0 Å². The third-order valence-corrected chi connectivity index (χ3v) is 5.11. The molecule has 0 aliphatic carbocycles. The number of methoxy groups -OCH3 is 1. The van der Waals surface area contributed by atoms with Crippen LogP contribution >= 0.6 is 0 Å². The normalized spacial score (nSPS) is 15.6. The number of aromatic nitrogens is 2. The molecule has 3 heterocycles. The largest absolute Gasteiger partial charge is 0.383 e. The first-order valence-corrected chi connectivity index (χ1v) is 9.60. The number of piperidine rings is 1. The molecule has 0 bridgehead atoms. The summed E-state index contributed by atoms with van der Waals surface area (Å²) in [7, 11) is 1.67. The maximum absolute atomic E-state index is 13.0. The van der Waals surface area contributed by atoms with E-state index in [0.29, 0.717) is 18.7 Å². The van der Waals surface area contributed by atoms with Crippen LogP contribution in [0, 0.1) is 0 Å². The number of hydrogen-bond acceptors (Lipinski definition) is 5. The zero-order valence-electron chi connectivity index (χ0n) is 16.0. The molecule has 1 saturated heterocycles. The zero-order chi connectivity index (χ0) is 18.9. The van der Waals surface area contributed by atoms with Crippen LogP contribution in [0.15, 0.2) is 48.9 Å². The van der Waals surface area contributed by atoms with Gasteiger partial charge in [0.15, 0.2) is 0 Å². The molecule has 1 aliphatic heterocycles. The van der Waals surface area contributed by atoms with Gasteiger partial charge >= 0.3 is 0 Å². The van der Waals surface area contributed by atoms with Crippen LogP contribution in [-0.2, 0) is 11.2 Å². The summed E-state index contributed by atoms with van der Waals surface area (Å²) in [6.07, 6.45) is 8.11. The van der Waals surface area contributed by atoms with E-state index in [1.807, 2.05) is 35.4 Å². The molecule has 0 aromatic carbocycles. The average molecular weight is 368 g/mol. The van der Waals surface area contributed by atoms with Gasteiger partial charge in [0.25, 0.3) is 5.91 Å². The fraction of sp³-hybridized carbons (Fsp3) is 0.476. The standard InChI is InChI=1S/C21H28N4O2/c1-27-16-15-25(21(26)18-5-4-10-22-17-18)20-8-13-24(14-9-20)12-7-19-6-2-3-11-23-19/h2-6,10-11,17,20H,7-9,12-16H2,1H3. The minimum atomic E-state index is 0.0482. The molecule has 6 nitrogen and oxygen atoms in total. The van der Waals surface area contributed by atoms with Crippen molar-refractivity contribution in [2.45, 2.75) is 25.3 Å². The number of rotatable bonds is 8. The third kappa shape index (κ3) is 5.58. The van der Waals surface area contributed by atoms with E-state index in [1.54, 1.807) is 19.5 Å². The SMILES string of the molecule is COCCN(C(=O)c1cccnc1)C1CCN(CCc2ccccn2)CC1. The monoisotopic (exact) mass is 368 g/mol. The van der Waals surface area contributed by atoms with E-state index < -0.39 is 0 Å². The fourth-order valence-electron chi connectivity index (χ4n) is 3.57. The smallest absolute Gasteiger partial charge is 0.255 e. The Balaban J connectivity index is 1.55. The Bertz CT molecular complexity index is 688. The number of ether oxygens (including phenoxy) is 1. The third-order valence-electron chi connectivity index (χ3n) is 5.11. The number of amides is 1. The highest BCUT2D eigenvalue weighted by Gasteiger charge is 2.28. The number of carbonyl (C=O) groups is 1. The quantitative estimate of drug-likeness (QED) is 0.715. The molecule has 2 aromatic heterocycles. The molecule has 1 aliphatic rings. The second kappa shape index (κ2) is 10.1. The molecule has 0 saturated carbocycles. The van der Waals surface area contributed by atoms with Crippen LogP contribution in [0.5, 0.6) is 0 Å². The first kappa shape index (κ1) is 19.5. The average Bonchev–Trinajstić information content (AvgIpc) is 2.74. The highest BCUT2D eigenvalue weighted by molar-refractivity contribution is 5.94. The Hall–Kier alpha value is -2.31. The molecule has 0 unspecified atom stereocenters. The molecule has 0 N–H and O–H groups in total. The van der Waals surface area contributed by atoms with Crippen molar-refractivity contribution in [3.8, 4) is 0 Å². The van der Waals surface area contributed by atoms with Crippen LogP contribution in [0.4, 0.5) is 0 Å². The first-order valence-electron chi connectivity index (χ1n) is 9.60. The predicted octanol–water partition coefficient (Wildman–Crippen LogP) is 2.27. The summed E-state index contributed by atoms with van der Waals surface area (Å²) in [5.41, 5.74) is 1.78. The van der Waals surface area contributed by atoms with E-state index in [-0.39, 0.29) is 11.9 Å². The van der Waals surface area contributed by atoms with Crippen molar-refractivity contribution in [3.63, 3.8) is 0 Å². The summed E-state index contributed by atoms with van der Waals surface area (Å²) in [6.45, 7) is 4.18. The maximum atomic E-state index is 13.0. The van der Waals surface area contributed by atoms with Gasteiger partial charge in [0, 0.05) is 70.0 Å². The van der Waals surface area contributed by atoms with E-state index in [9.17, 15) is 4.79 Å². The van der Waals surface area contributed by atoms with Crippen LogP contribution in [0.1, 0.15) is 28.9 Å².